The lowest BCUT2D eigenvalue weighted by atomic mass is 10.2. The van der Waals surface area contributed by atoms with Gasteiger partial charge >= 0.3 is 0 Å². The standard InChI is InChI=1S/C25H30N8O3S/c1-4-12-32-24(34)20-17-26-25(27-18-8-10-19(11-9-18)31-13-15-36-16-14-31)29-23(20)33(32)22-7-5-6-21(28-22)30-37(2,3)35/h5-11,17H,4,12-16H2,1-3H3,(H,26,27,29). The lowest BCUT2D eigenvalue weighted by Gasteiger charge is -2.28. The number of hydrogen-bond acceptors (Lipinski definition) is 9. The number of fused-ring (bicyclic) bond motifs is 1. The van der Waals surface area contributed by atoms with Crippen LogP contribution in [0.5, 0.6) is 0 Å². The van der Waals surface area contributed by atoms with Crippen LogP contribution in [0.2, 0.25) is 0 Å². The van der Waals surface area contributed by atoms with E-state index in [1.165, 1.54) is 6.20 Å². The smallest absolute Gasteiger partial charge is 0.278 e. The molecule has 1 saturated heterocycles. The molecular weight excluding hydrogens is 492 g/mol. The highest BCUT2D eigenvalue weighted by atomic mass is 32.2. The summed E-state index contributed by atoms with van der Waals surface area (Å²) in [5.74, 6) is 1.16. The minimum Gasteiger partial charge on any atom is -0.378 e. The molecule has 37 heavy (non-hydrogen) atoms. The third kappa shape index (κ3) is 5.49. The van der Waals surface area contributed by atoms with Crippen LogP contribution in [0.4, 0.5) is 23.1 Å². The van der Waals surface area contributed by atoms with Crippen LogP contribution in [0.3, 0.4) is 0 Å². The van der Waals surface area contributed by atoms with Gasteiger partial charge in [0.1, 0.15) is 5.39 Å². The molecule has 12 heteroatoms. The molecular formula is C25H30N8O3S. The van der Waals surface area contributed by atoms with Crippen LogP contribution in [-0.4, -0.2) is 67.3 Å². The topological polar surface area (TPSA) is 120 Å². The van der Waals surface area contributed by atoms with Gasteiger partial charge in [-0.1, -0.05) is 13.0 Å². The average Bonchev–Trinajstić information content (AvgIpc) is 3.15. The van der Waals surface area contributed by atoms with E-state index in [2.05, 4.69) is 36.7 Å². The molecule has 194 valence electrons. The van der Waals surface area contributed by atoms with Gasteiger partial charge in [0.05, 0.1) is 13.2 Å². The zero-order valence-corrected chi connectivity index (χ0v) is 21.9. The maximum Gasteiger partial charge on any atom is 0.278 e. The number of rotatable bonds is 7. The van der Waals surface area contributed by atoms with Gasteiger partial charge in [-0.3, -0.25) is 4.79 Å². The molecule has 5 rings (SSSR count). The van der Waals surface area contributed by atoms with Gasteiger partial charge in [-0.15, -0.1) is 0 Å². The van der Waals surface area contributed by atoms with Crippen molar-refractivity contribution in [3.05, 3.63) is 59.0 Å². The minimum atomic E-state index is -2.40. The Morgan fingerprint density at radius 1 is 1.08 bits per heavy atom. The van der Waals surface area contributed by atoms with E-state index >= 15 is 0 Å². The molecule has 1 N–H and O–H groups in total. The highest BCUT2D eigenvalue weighted by Gasteiger charge is 2.18. The highest BCUT2D eigenvalue weighted by molar-refractivity contribution is 7.92. The van der Waals surface area contributed by atoms with Crippen LogP contribution in [0.1, 0.15) is 13.3 Å². The van der Waals surface area contributed by atoms with Crippen LogP contribution in [-0.2, 0) is 21.0 Å². The van der Waals surface area contributed by atoms with Gasteiger partial charge in [0, 0.05) is 59.4 Å². The van der Waals surface area contributed by atoms with Gasteiger partial charge in [-0.05, 0) is 42.8 Å². The molecule has 1 aliphatic rings. The third-order valence-corrected chi connectivity index (χ3v) is 6.49. The summed E-state index contributed by atoms with van der Waals surface area (Å²) in [6, 6.07) is 13.3. The Hall–Kier alpha value is -3.77. The largest absolute Gasteiger partial charge is 0.378 e. The number of ether oxygens (including phenoxy) is 1. The second-order valence-corrected chi connectivity index (χ2v) is 11.6. The van der Waals surface area contributed by atoms with E-state index in [0.717, 1.165) is 44.1 Å². The number of morpholine rings is 1. The maximum absolute atomic E-state index is 13.2. The Balaban J connectivity index is 1.53. The molecule has 0 atom stereocenters. The van der Waals surface area contributed by atoms with Crippen LogP contribution < -0.4 is 15.8 Å². The van der Waals surface area contributed by atoms with E-state index in [9.17, 15) is 9.00 Å². The minimum absolute atomic E-state index is 0.197. The van der Waals surface area contributed by atoms with E-state index in [0.29, 0.717) is 35.2 Å². The van der Waals surface area contributed by atoms with Crippen molar-refractivity contribution in [3.63, 3.8) is 0 Å². The number of benzene rings is 1. The van der Waals surface area contributed by atoms with Crippen molar-refractivity contribution in [2.75, 3.05) is 49.0 Å². The Morgan fingerprint density at radius 2 is 1.84 bits per heavy atom. The van der Waals surface area contributed by atoms with Crippen LogP contribution in [0, 0.1) is 0 Å². The first-order valence-corrected chi connectivity index (χ1v) is 14.5. The van der Waals surface area contributed by atoms with Gasteiger partial charge in [0.25, 0.3) is 5.56 Å². The Labute approximate surface area is 215 Å². The summed E-state index contributed by atoms with van der Waals surface area (Å²) in [6.07, 6.45) is 5.39. The Kier molecular flexibility index (Phi) is 6.94. The molecule has 4 heterocycles. The molecule has 4 aromatic rings. The fourth-order valence-corrected chi connectivity index (χ4v) is 4.80. The molecule has 0 aliphatic carbocycles. The van der Waals surface area contributed by atoms with Crippen molar-refractivity contribution in [1.82, 2.24) is 24.3 Å². The first-order chi connectivity index (χ1) is 17.8. The lowest BCUT2D eigenvalue weighted by Crippen LogP contribution is -2.36. The van der Waals surface area contributed by atoms with Crippen LogP contribution in [0.15, 0.2) is 57.8 Å². The molecule has 11 nitrogen and oxygen atoms in total. The molecule has 1 aliphatic heterocycles. The van der Waals surface area contributed by atoms with Crippen molar-refractivity contribution in [2.24, 2.45) is 4.36 Å². The third-order valence-electron chi connectivity index (χ3n) is 5.86. The number of anilines is 3. The van der Waals surface area contributed by atoms with E-state index in [1.54, 1.807) is 40.1 Å². The molecule has 1 fully saturated rings. The maximum atomic E-state index is 13.2. The molecule has 0 amide bonds. The van der Waals surface area contributed by atoms with Crippen molar-refractivity contribution >= 4 is 43.9 Å². The lowest BCUT2D eigenvalue weighted by molar-refractivity contribution is 0.122. The quantitative estimate of drug-likeness (QED) is 0.393. The van der Waals surface area contributed by atoms with Crippen molar-refractivity contribution in [1.29, 1.82) is 0 Å². The van der Waals surface area contributed by atoms with E-state index in [1.807, 2.05) is 19.1 Å². The van der Waals surface area contributed by atoms with E-state index < -0.39 is 9.73 Å². The number of aromatic nitrogens is 5. The SMILES string of the molecule is CCCn1c(=O)c2cnc(Nc3ccc(N4CCOCC4)cc3)nc2n1-c1cccc(N=S(C)(C)=O)n1. The Morgan fingerprint density at radius 3 is 2.54 bits per heavy atom. The van der Waals surface area contributed by atoms with Gasteiger partial charge < -0.3 is 15.0 Å². The fraction of sp³-hybridized carbons (Fsp3) is 0.360. The van der Waals surface area contributed by atoms with Gasteiger partial charge in [0.15, 0.2) is 17.3 Å². The number of pyridine rings is 1. The molecule has 0 unspecified atom stereocenters. The molecule has 0 saturated carbocycles. The summed E-state index contributed by atoms with van der Waals surface area (Å²) in [4.78, 5) is 29.2. The average molecular weight is 523 g/mol. The predicted octanol–water partition coefficient (Wildman–Crippen LogP) is 3.33. The number of nitrogens with one attached hydrogen (secondary N) is 1. The second kappa shape index (κ2) is 10.3. The fourth-order valence-electron chi connectivity index (χ4n) is 4.25. The van der Waals surface area contributed by atoms with Gasteiger partial charge in [0.2, 0.25) is 5.95 Å². The summed E-state index contributed by atoms with van der Waals surface area (Å²) in [5, 5.41) is 3.63. The van der Waals surface area contributed by atoms with Crippen LogP contribution >= 0.6 is 0 Å². The summed E-state index contributed by atoms with van der Waals surface area (Å²) < 4.78 is 25.1. The van der Waals surface area contributed by atoms with Crippen LogP contribution in [0.25, 0.3) is 16.9 Å². The molecule has 0 bridgehead atoms. The Bertz CT molecular complexity index is 1590. The van der Waals surface area contributed by atoms with E-state index in [4.69, 9.17) is 9.72 Å². The monoisotopic (exact) mass is 522 g/mol. The van der Waals surface area contributed by atoms with E-state index in [-0.39, 0.29) is 5.56 Å². The normalized spacial score (nSPS) is 14.2. The molecule has 0 radical (unpaired) electrons. The summed E-state index contributed by atoms with van der Waals surface area (Å²) in [6.45, 7) is 5.67. The zero-order chi connectivity index (χ0) is 26.0. The van der Waals surface area contributed by atoms with Gasteiger partial charge in [-0.25, -0.2) is 23.5 Å². The zero-order valence-electron chi connectivity index (χ0n) is 21.1. The summed E-state index contributed by atoms with van der Waals surface area (Å²) in [7, 11) is -2.40. The van der Waals surface area contributed by atoms with Crippen molar-refractivity contribution in [2.45, 2.75) is 19.9 Å². The number of hydrogen-bond donors (Lipinski definition) is 1. The molecule has 0 spiro atoms. The van der Waals surface area contributed by atoms with Gasteiger partial charge in [-0.2, -0.15) is 9.35 Å². The number of nitrogens with zero attached hydrogens (tertiary/aromatic N) is 7. The molecule has 3 aromatic heterocycles. The highest BCUT2D eigenvalue weighted by Crippen LogP contribution is 2.23. The first-order valence-electron chi connectivity index (χ1n) is 12.2. The van der Waals surface area contributed by atoms with Crippen molar-refractivity contribution in [3.8, 4) is 5.82 Å². The predicted molar refractivity (Wildman–Crippen MR) is 146 cm³/mol. The summed E-state index contributed by atoms with van der Waals surface area (Å²) in [5.41, 5.74) is 2.20. The first kappa shape index (κ1) is 24.9. The van der Waals surface area contributed by atoms with Crippen molar-refractivity contribution < 1.29 is 8.95 Å². The summed E-state index contributed by atoms with van der Waals surface area (Å²) >= 11 is 0. The second-order valence-electron chi connectivity index (χ2n) is 9.07. The molecule has 1 aromatic carbocycles.